The predicted octanol–water partition coefficient (Wildman–Crippen LogP) is 7.41. The fourth-order valence-electron chi connectivity index (χ4n) is 4.59. The number of methoxy groups -OCH3 is 1. The number of carbonyl (C=O) groups is 1. The minimum atomic E-state index is -0.107. The number of benzene rings is 4. The van der Waals surface area contributed by atoms with Crippen molar-refractivity contribution in [1.29, 1.82) is 0 Å². The van der Waals surface area contributed by atoms with Crippen molar-refractivity contribution in [3.63, 3.8) is 0 Å². The molecule has 0 bridgehead atoms. The van der Waals surface area contributed by atoms with E-state index >= 15 is 0 Å². The first-order valence-electron chi connectivity index (χ1n) is 12.2. The maximum absolute atomic E-state index is 12.6. The van der Waals surface area contributed by atoms with Crippen LogP contribution >= 0.6 is 0 Å². The summed E-state index contributed by atoms with van der Waals surface area (Å²) in [6.07, 6.45) is 5.26. The van der Waals surface area contributed by atoms with E-state index in [1.807, 2.05) is 43.3 Å². The number of fused-ring (bicyclic) bond motifs is 2. The van der Waals surface area contributed by atoms with Crippen molar-refractivity contribution < 1.29 is 13.9 Å². The molecule has 0 saturated carbocycles. The van der Waals surface area contributed by atoms with Gasteiger partial charge < -0.3 is 14.5 Å². The van der Waals surface area contributed by atoms with Crippen molar-refractivity contribution >= 4 is 33.2 Å². The molecule has 180 valence electrons. The first-order chi connectivity index (χ1) is 17.6. The Kier molecular flexibility index (Phi) is 6.85. The average Bonchev–Trinajstić information content (AvgIpc) is 3.33. The highest BCUT2D eigenvalue weighted by Gasteiger charge is 2.15. The van der Waals surface area contributed by atoms with Crippen LogP contribution in [0.25, 0.3) is 38.4 Å². The van der Waals surface area contributed by atoms with Crippen LogP contribution in [0.1, 0.15) is 24.5 Å². The van der Waals surface area contributed by atoms with Gasteiger partial charge in [0, 0.05) is 35.2 Å². The highest BCUT2D eigenvalue weighted by atomic mass is 16.5. The molecule has 1 aromatic heterocycles. The largest absolute Gasteiger partial charge is 0.496 e. The zero-order valence-electron chi connectivity index (χ0n) is 20.6. The van der Waals surface area contributed by atoms with Gasteiger partial charge in [-0.05, 0) is 59.4 Å². The second-order valence-electron chi connectivity index (χ2n) is 8.97. The summed E-state index contributed by atoms with van der Waals surface area (Å²) in [7, 11) is 1.63. The molecular formula is C32H29NO3. The molecule has 0 aliphatic heterocycles. The first kappa shape index (κ1) is 23.4. The van der Waals surface area contributed by atoms with Crippen LogP contribution in [-0.4, -0.2) is 19.6 Å². The lowest BCUT2D eigenvalue weighted by Crippen LogP contribution is -2.22. The lowest BCUT2D eigenvalue weighted by molar-refractivity contribution is -0.116. The van der Waals surface area contributed by atoms with Gasteiger partial charge in [-0.25, -0.2) is 0 Å². The summed E-state index contributed by atoms with van der Waals surface area (Å²) in [5, 5.41) is 6.36. The van der Waals surface area contributed by atoms with Gasteiger partial charge in [0.2, 0.25) is 5.91 Å². The molecule has 0 aliphatic rings. The summed E-state index contributed by atoms with van der Waals surface area (Å²) in [5.74, 6) is 0.567. The van der Waals surface area contributed by atoms with Crippen LogP contribution < -0.4 is 10.1 Å². The van der Waals surface area contributed by atoms with Gasteiger partial charge in [-0.2, -0.15) is 0 Å². The van der Waals surface area contributed by atoms with E-state index in [0.717, 1.165) is 46.1 Å². The van der Waals surface area contributed by atoms with Crippen LogP contribution in [0.4, 0.5) is 0 Å². The number of allylic oxidation sites excluding steroid dienone is 1. The summed E-state index contributed by atoms with van der Waals surface area (Å²) >= 11 is 0. The standard InChI is InChI=1S/C32H29NO3/c1-22(17-32(34)33-16-8-11-23-9-4-3-5-10-23)27-19-28-29(21-36-31(28)20-30(27)35-2)26-15-14-24-12-6-7-13-25(24)18-26/h3-7,9-10,12-15,17-21H,8,11,16H2,1-2H3,(H,33,34)/b22-17+. The van der Waals surface area contributed by atoms with E-state index in [1.54, 1.807) is 19.4 Å². The third kappa shape index (κ3) is 5.03. The smallest absolute Gasteiger partial charge is 0.244 e. The van der Waals surface area contributed by atoms with E-state index in [9.17, 15) is 4.79 Å². The molecule has 0 spiro atoms. The monoisotopic (exact) mass is 475 g/mol. The van der Waals surface area contributed by atoms with E-state index in [-0.39, 0.29) is 5.91 Å². The van der Waals surface area contributed by atoms with Gasteiger partial charge in [0.1, 0.15) is 11.3 Å². The van der Waals surface area contributed by atoms with Crippen LogP contribution in [0.2, 0.25) is 0 Å². The van der Waals surface area contributed by atoms with Gasteiger partial charge in [-0.15, -0.1) is 0 Å². The minimum absolute atomic E-state index is 0.107. The summed E-state index contributed by atoms with van der Waals surface area (Å²) in [4.78, 5) is 12.6. The highest BCUT2D eigenvalue weighted by Crippen LogP contribution is 2.38. The fraction of sp³-hybridized carbons (Fsp3) is 0.156. The van der Waals surface area contributed by atoms with Gasteiger partial charge in [0.15, 0.2) is 0 Å². The lowest BCUT2D eigenvalue weighted by atomic mass is 9.97. The second-order valence-corrected chi connectivity index (χ2v) is 8.97. The first-order valence-corrected chi connectivity index (χ1v) is 12.2. The molecule has 1 heterocycles. The number of nitrogens with one attached hydrogen (secondary N) is 1. The number of ether oxygens (including phenoxy) is 1. The maximum atomic E-state index is 12.6. The summed E-state index contributed by atoms with van der Waals surface area (Å²) in [5.41, 5.74) is 5.82. The molecule has 1 N–H and O–H groups in total. The Balaban J connectivity index is 1.37. The van der Waals surface area contributed by atoms with Crippen molar-refractivity contribution in [3.8, 4) is 16.9 Å². The Labute approximate surface area is 211 Å². The van der Waals surface area contributed by atoms with E-state index in [2.05, 4.69) is 53.8 Å². The minimum Gasteiger partial charge on any atom is -0.496 e. The number of hydrogen-bond donors (Lipinski definition) is 1. The molecule has 0 atom stereocenters. The van der Waals surface area contributed by atoms with E-state index in [0.29, 0.717) is 12.3 Å². The number of hydrogen-bond acceptors (Lipinski definition) is 3. The molecule has 1 amide bonds. The van der Waals surface area contributed by atoms with E-state index in [4.69, 9.17) is 9.15 Å². The van der Waals surface area contributed by atoms with Crippen LogP contribution in [-0.2, 0) is 11.2 Å². The molecular weight excluding hydrogens is 446 g/mol. The van der Waals surface area contributed by atoms with Crippen molar-refractivity contribution in [2.75, 3.05) is 13.7 Å². The molecule has 0 saturated heterocycles. The Morgan fingerprint density at radius 1 is 0.944 bits per heavy atom. The third-order valence-corrected chi connectivity index (χ3v) is 6.51. The van der Waals surface area contributed by atoms with Gasteiger partial charge >= 0.3 is 0 Å². The van der Waals surface area contributed by atoms with Crippen LogP contribution in [0.15, 0.2) is 102 Å². The van der Waals surface area contributed by atoms with Gasteiger partial charge in [-0.1, -0.05) is 66.7 Å². The lowest BCUT2D eigenvalue weighted by Gasteiger charge is -2.10. The van der Waals surface area contributed by atoms with E-state index < -0.39 is 0 Å². The normalized spacial score (nSPS) is 11.7. The zero-order chi connectivity index (χ0) is 24.9. The summed E-state index contributed by atoms with van der Waals surface area (Å²) in [6, 6.07) is 29.0. The number of aryl methyl sites for hydroxylation is 1. The molecule has 4 aromatic carbocycles. The molecule has 0 unspecified atom stereocenters. The molecule has 5 aromatic rings. The van der Waals surface area contributed by atoms with Crippen molar-refractivity contribution in [1.82, 2.24) is 5.32 Å². The van der Waals surface area contributed by atoms with Crippen LogP contribution in [0, 0.1) is 0 Å². The fourth-order valence-corrected chi connectivity index (χ4v) is 4.59. The average molecular weight is 476 g/mol. The summed E-state index contributed by atoms with van der Waals surface area (Å²) < 4.78 is 11.5. The quantitative estimate of drug-likeness (QED) is 0.188. The Morgan fingerprint density at radius 3 is 2.53 bits per heavy atom. The van der Waals surface area contributed by atoms with Crippen molar-refractivity contribution in [2.45, 2.75) is 19.8 Å². The topological polar surface area (TPSA) is 51.5 Å². The Hall–Kier alpha value is -4.31. The Bertz CT molecular complexity index is 1550. The zero-order valence-corrected chi connectivity index (χ0v) is 20.6. The van der Waals surface area contributed by atoms with Crippen molar-refractivity contribution in [2.24, 2.45) is 0 Å². The molecule has 0 fully saturated rings. The second kappa shape index (κ2) is 10.5. The van der Waals surface area contributed by atoms with Gasteiger partial charge in [0.05, 0.1) is 13.4 Å². The van der Waals surface area contributed by atoms with Gasteiger partial charge in [-0.3, -0.25) is 4.79 Å². The molecule has 0 aliphatic carbocycles. The highest BCUT2D eigenvalue weighted by molar-refractivity contribution is 6.01. The number of amides is 1. The SMILES string of the molecule is COc1cc2occ(-c3ccc4ccccc4c3)c2cc1/C(C)=C/C(=O)NCCCc1ccccc1. The molecule has 4 heteroatoms. The van der Waals surface area contributed by atoms with Gasteiger partial charge in [0.25, 0.3) is 0 Å². The maximum Gasteiger partial charge on any atom is 0.244 e. The number of furan rings is 1. The van der Waals surface area contributed by atoms with E-state index in [1.165, 1.54) is 16.3 Å². The van der Waals surface area contributed by atoms with Crippen LogP contribution in [0.3, 0.4) is 0 Å². The number of carbonyl (C=O) groups excluding carboxylic acids is 1. The third-order valence-electron chi connectivity index (χ3n) is 6.51. The van der Waals surface area contributed by atoms with Crippen LogP contribution in [0.5, 0.6) is 5.75 Å². The summed E-state index contributed by atoms with van der Waals surface area (Å²) in [6.45, 7) is 2.56. The predicted molar refractivity (Wildman–Crippen MR) is 147 cm³/mol. The molecule has 0 radical (unpaired) electrons. The molecule has 4 nitrogen and oxygen atoms in total. The Morgan fingerprint density at radius 2 is 1.72 bits per heavy atom. The molecule has 5 rings (SSSR count). The number of rotatable bonds is 8. The molecule has 36 heavy (non-hydrogen) atoms. The van der Waals surface area contributed by atoms with Crippen molar-refractivity contribution in [3.05, 3.63) is 108 Å².